The third-order valence-electron chi connectivity index (χ3n) is 2.67. The van der Waals surface area contributed by atoms with E-state index >= 15 is 0 Å². The molecule has 1 heterocycles. The summed E-state index contributed by atoms with van der Waals surface area (Å²) in [5, 5.41) is 4.32. The van der Waals surface area contributed by atoms with E-state index < -0.39 is 0 Å². The van der Waals surface area contributed by atoms with Gasteiger partial charge in [-0.1, -0.05) is 12.1 Å². The number of aryl methyl sites for hydroxylation is 2. The zero-order valence-electron chi connectivity index (χ0n) is 9.37. The predicted octanol–water partition coefficient (Wildman–Crippen LogP) is 1.99. The first-order chi connectivity index (χ1) is 7.63. The zero-order chi connectivity index (χ0) is 11.7. The van der Waals surface area contributed by atoms with Crippen LogP contribution in [0.15, 0.2) is 24.3 Å². The number of halogens is 1. The molecule has 0 bridgehead atoms. The van der Waals surface area contributed by atoms with E-state index in [4.69, 9.17) is 5.73 Å². The second-order valence-corrected chi connectivity index (χ2v) is 3.74. The van der Waals surface area contributed by atoms with E-state index in [0.29, 0.717) is 6.54 Å². The van der Waals surface area contributed by atoms with Gasteiger partial charge in [-0.05, 0) is 24.6 Å². The van der Waals surface area contributed by atoms with Crippen LogP contribution in [0.25, 0.3) is 11.1 Å². The van der Waals surface area contributed by atoms with Crippen molar-refractivity contribution in [1.82, 2.24) is 9.78 Å². The maximum absolute atomic E-state index is 12.8. The third kappa shape index (κ3) is 1.72. The lowest BCUT2D eigenvalue weighted by atomic mass is 10.0. The van der Waals surface area contributed by atoms with E-state index in [-0.39, 0.29) is 5.82 Å². The molecular weight excluding hydrogens is 205 g/mol. The van der Waals surface area contributed by atoms with Crippen LogP contribution in [0.3, 0.4) is 0 Å². The number of hydrogen-bond donors (Lipinski definition) is 1. The van der Waals surface area contributed by atoms with Gasteiger partial charge in [0, 0.05) is 19.2 Å². The van der Waals surface area contributed by atoms with Crippen molar-refractivity contribution >= 4 is 0 Å². The summed E-state index contributed by atoms with van der Waals surface area (Å²) in [6.45, 7) is 2.35. The Kier molecular flexibility index (Phi) is 2.75. The molecule has 0 aliphatic heterocycles. The van der Waals surface area contributed by atoms with Gasteiger partial charge in [0.25, 0.3) is 0 Å². The van der Waals surface area contributed by atoms with Gasteiger partial charge in [0.1, 0.15) is 5.82 Å². The maximum atomic E-state index is 12.8. The van der Waals surface area contributed by atoms with Crippen LogP contribution < -0.4 is 5.73 Å². The SMILES string of the molecule is Cc1nn(C)c(CN)c1-c1ccc(F)cc1. The lowest BCUT2D eigenvalue weighted by molar-refractivity contribution is 0.628. The van der Waals surface area contributed by atoms with Gasteiger partial charge < -0.3 is 5.73 Å². The molecule has 0 fully saturated rings. The molecule has 0 amide bonds. The van der Waals surface area contributed by atoms with Crippen LogP contribution in [0.5, 0.6) is 0 Å². The fourth-order valence-corrected chi connectivity index (χ4v) is 1.93. The Bertz CT molecular complexity index is 500. The summed E-state index contributed by atoms with van der Waals surface area (Å²) in [6, 6.07) is 6.39. The largest absolute Gasteiger partial charge is 0.325 e. The standard InChI is InChI=1S/C12H14FN3/c1-8-12(11(7-14)16(2)15-8)9-3-5-10(13)6-4-9/h3-6H,7,14H2,1-2H3. The van der Waals surface area contributed by atoms with Crippen molar-refractivity contribution in [2.24, 2.45) is 12.8 Å². The van der Waals surface area contributed by atoms with Crippen LogP contribution in [-0.2, 0) is 13.6 Å². The van der Waals surface area contributed by atoms with Crippen molar-refractivity contribution in [3.63, 3.8) is 0 Å². The molecular formula is C12H14FN3. The Hall–Kier alpha value is -1.68. The lowest BCUT2D eigenvalue weighted by Crippen LogP contribution is -2.05. The molecule has 0 aliphatic rings. The van der Waals surface area contributed by atoms with Gasteiger partial charge in [-0.15, -0.1) is 0 Å². The molecule has 1 aromatic carbocycles. The van der Waals surface area contributed by atoms with Crippen LogP contribution in [-0.4, -0.2) is 9.78 Å². The molecule has 0 saturated heterocycles. The fraction of sp³-hybridized carbons (Fsp3) is 0.250. The fourth-order valence-electron chi connectivity index (χ4n) is 1.93. The minimum Gasteiger partial charge on any atom is -0.325 e. The van der Waals surface area contributed by atoms with E-state index in [1.54, 1.807) is 16.8 Å². The Morgan fingerprint density at radius 3 is 2.50 bits per heavy atom. The van der Waals surface area contributed by atoms with Crippen molar-refractivity contribution in [3.05, 3.63) is 41.5 Å². The number of hydrogen-bond acceptors (Lipinski definition) is 2. The van der Waals surface area contributed by atoms with Crippen LogP contribution in [0.4, 0.5) is 4.39 Å². The van der Waals surface area contributed by atoms with Gasteiger partial charge in [0.05, 0.1) is 11.4 Å². The molecule has 0 atom stereocenters. The number of benzene rings is 1. The van der Waals surface area contributed by atoms with Crippen molar-refractivity contribution in [2.45, 2.75) is 13.5 Å². The van der Waals surface area contributed by atoms with Crippen molar-refractivity contribution in [2.75, 3.05) is 0 Å². The van der Waals surface area contributed by atoms with E-state index in [9.17, 15) is 4.39 Å². The van der Waals surface area contributed by atoms with Crippen molar-refractivity contribution in [1.29, 1.82) is 0 Å². The molecule has 0 unspecified atom stereocenters. The molecule has 16 heavy (non-hydrogen) atoms. The number of nitrogens with zero attached hydrogens (tertiary/aromatic N) is 2. The van der Waals surface area contributed by atoms with Gasteiger partial charge in [-0.3, -0.25) is 4.68 Å². The second kappa shape index (κ2) is 4.06. The highest BCUT2D eigenvalue weighted by molar-refractivity contribution is 5.68. The third-order valence-corrected chi connectivity index (χ3v) is 2.67. The highest BCUT2D eigenvalue weighted by Crippen LogP contribution is 2.26. The molecule has 0 saturated carbocycles. The normalized spacial score (nSPS) is 10.8. The minimum atomic E-state index is -0.236. The molecule has 3 nitrogen and oxygen atoms in total. The quantitative estimate of drug-likeness (QED) is 0.839. The van der Waals surface area contributed by atoms with Crippen molar-refractivity contribution < 1.29 is 4.39 Å². The Labute approximate surface area is 93.7 Å². The predicted molar refractivity (Wildman–Crippen MR) is 61.2 cm³/mol. The number of aromatic nitrogens is 2. The maximum Gasteiger partial charge on any atom is 0.123 e. The second-order valence-electron chi connectivity index (χ2n) is 3.74. The summed E-state index contributed by atoms with van der Waals surface area (Å²) < 4.78 is 14.6. The summed E-state index contributed by atoms with van der Waals surface area (Å²) in [5.74, 6) is -0.236. The monoisotopic (exact) mass is 219 g/mol. The molecule has 4 heteroatoms. The highest BCUT2D eigenvalue weighted by Gasteiger charge is 2.13. The molecule has 2 N–H and O–H groups in total. The smallest absolute Gasteiger partial charge is 0.123 e. The molecule has 0 aliphatic carbocycles. The molecule has 0 spiro atoms. The first-order valence-electron chi connectivity index (χ1n) is 5.12. The molecule has 2 rings (SSSR count). The van der Waals surface area contributed by atoms with E-state index in [0.717, 1.165) is 22.5 Å². The summed E-state index contributed by atoms with van der Waals surface area (Å²) in [5.41, 5.74) is 9.53. The first-order valence-corrected chi connectivity index (χ1v) is 5.12. The molecule has 1 aromatic heterocycles. The molecule has 84 valence electrons. The Morgan fingerprint density at radius 1 is 1.31 bits per heavy atom. The zero-order valence-corrected chi connectivity index (χ0v) is 9.37. The van der Waals surface area contributed by atoms with Crippen LogP contribution in [0, 0.1) is 12.7 Å². The Balaban J connectivity index is 2.59. The topological polar surface area (TPSA) is 43.8 Å². The van der Waals surface area contributed by atoms with Gasteiger partial charge in [0.15, 0.2) is 0 Å². The summed E-state index contributed by atoms with van der Waals surface area (Å²) in [4.78, 5) is 0. The van der Waals surface area contributed by atoms with Crippen LogP contribution >= 0.6 is 0 Å². The molecule has 0 radical (unpaired) electrons. The van der Waals surface area contributed by atoms with E-state index in [2.05, 4.69) is 5.10 Å². The summed E-state index contributed by atoms with van der Waals surface area (Å²) in [6.07, 6.45) is 0. The Morgan fingerprint density at radius 2 is 1.94 bits per heavy atom. The average Bonchev–Trinajstić information content (AvgIpc) is 2.54. The lowest BCUT2D eigenvalue weighted by Gasteiger charge is -2.04. The van der Waals surface area contributed by atoms with Crippen LogP contribution in [0.2, 0.25) is 0 Å². The van der Waals surface area contributed by atoms with Crippen LogP contribution in [0.1, 0.15) is 11.4 Å². The van der Waals surface area contributed by atoms with Gasteiger partial charge in [-0.25, -0.2) is 4.39 Å². The summed E-state index contributed by atoms with van der Waals surface area (Å²) >= 11 is 0. The van der Waals surface area contributed by atoms with Gasteiger partial charge in [0.2, 0.25) is 0 Å². The van der Waals surface area contributed by atoms with E-state index in [1.807, 2.05) is 14.0 Å². The van der Waals surface area contributed by atoms with Crippen molar-refractivity contribution in [3.8, 4) is 11.1 Å². The number of nitrogens with two attached hydrogens (primary N) is 1. The van der Waals surface area contributed by atoms with Gasteiger partial charge >= 0.3 is 0 Å². The minimum absolute atomic E-state index is 0.236. The molecule has 2 aromatic rings. The van der Waals surface area contributed by atoms with E-state index in [1.165, 1.54) is 12.1 Å². The average molecular weight is 219 g/mol. The summed E-state index contributed by atoms with van der Waals surface area (Å²) in [7, 11) is 1.86. The number of rotatable bonds is 2. The highest BCUT2D eigenvalue weighted by atomic mass is 19.1. The van der Waals surface area contributed by atoms with Gasteiger partial charge in [-0.2, -0.15) is 5.10 Å². The first kappa shape index (κ1) is 10.8.